The highest BCUT2D eigenvalue weighted by molar-refractivity contribution is 9.10. The second-order valence-electron chi connectivity index (χ2n) is 5.43. The first-order valence-electron chi connectivity index (χ1n) is 6.87. The Bertz CT molecular complexity index is 666. The predicted octanol–water partition coefficient (Wildman–Crippen LogP) is 4.39. The first kappa shape index (κ1) is 13.8. The summed E-state index contributed by atoms with van der Waals surface area (Å²) in [6.45, 7) is 1.88. The van der Waals surface area contributed by atoms with Gasteiger partial charge in [-0.15, -0.1) is 0 Å². The third-order valence-corrected chi connectivity index (χ3v) is 4.89. The van der Waals surface area contributed by atoms with Crippen LogP contribution in [0.15, 0.2) is 16.6 Å². The van der Waals surface area contributed by atoms with Gasteiger partial charge >= 0.3 is 0 Å². The zero-order chi connectivity index (χ0) is 14.3. The summed E-state index contributed by atoms with van der Waals surface area (Å²) in [6.07, 6.45) is 4.84. The molecule has 0 aliphatic heterocycles. The monoisotopic (exact) mass is 337 g/mol. The molecule has 3 nitrogen and oxygen atoms in total. The summed E-state index contributed by atoms with van der Waals surface area (Å²) in [7, 11) is 0. The van der Waals surface area contributed by atoms with Crippen molar-refractivity contribution in [1.82, 2.24) is 4.98 Å². The molecule has 0 saturated heterocycles. The molecule has 0 amide bonds. The highest BCUT2D eigenvalue weighted by Crippen LogP contribution is 2.39. The van der Waals surface area contributed by atoms with E-state index < -0.39 is 0 Å². The minimum absolute atomic E-state index is 0.290. The van der Waals surface area contributed by atoms with Crippen LogP contribution in [0.3, 0.4) is 0 Å². The number of hydrazine groups is 1. The van der Waals surface area contributed by atoms with Gasteiger partial charge in [0.25, 0.3) is 0 Å². The normalized spacial score (nSPS) is 16.0. The number of fused-ring (bicyclic) bond motifs is 1. The van der Waals surface area contributed by atoms with E-state index in [1.54, 1.807) is 0 Å². The van der Waals surface area contributed by atoms with E-state index in [-0.39, 0.29) is 5.82 Å². The minimum atomic E-state index is -0.290. The van der Waals surface area contributed by atoms with Gasteiger partial charge in [0.2, 0.25) is 0 Å². The highest BCUT2D eigenvalue weighted by atomic mass is 79.9. The molecule has 1 aromatic heterocycles. The molecule has 0 atom stereocenters. The zero-order valence-corrected chi connectivity index (χ0v) is 12.9. The van der Waals surface area contributed by atoms with Crippen LogP contribution in [0.4, 0.5) is 10.1 Å². The van der Waals surface area contributed by atoms with Gasteiger partial charge < -0.3 is 5.43 Å². The van der Waals surface area contributed by atoms with Crippen LogP contribution in [0.1, 0.15) is 42.9 Å². The number of nitrogen functional groups attached to an aromatic ring is 1. The van der Waals surface area contributed by atoms with Crippen molar-refractivity contribution >= 4 is 32.5 Å². The van der Waals surface area contributed by atoms with E-state index in [1.807, 2.05) is 13.0 Å². The Morgan fingerprint density at radius 1 is 1.35 bits per heavy atom. The van der Waals surface area contributed by atoms with E-state index in [0.717, 1.165) is 22.5 Å². The standard InChI is InChI=1S/C15H17BrFN3/c1-8-6-10(17)14(16)13-12(20-18)7-11(19-15(8)13)9-4-2-3-5-9/h6-7,9H,2-5,18H2,1H3,(H,19,20). The summed E-state index contributed by atoms with van der Waals surface area (Å²) in [5.41, 5.74) is 6.13. The molecule has 1 heterocycles. The minimum Gasteiger partial charge on any atom is -0.323 e. The van der Waals surface area contributed by atoms with Gasteiger partial charge in [0.05, 0.1) is 15.7 Å². The average Bonchev–Trinajstić information content (AvgIpc) is 2.97. The quantitative estimate of drug-likeness (QED) is 0.631. The van der Waals surface area contributed by atoms with Crippen LogP contribution in [0.2, 0.25) is 0 Å². The number of aryl methyl sites for hydroxylation is 1. The van der Waals surface area contributed by atoms with Gasteiger partial charge in [-0.3, -0.25) is 10.8 Å². The van der Waals surface area contributed by atoms with E-state index in [0.29, 0.717) is 15.8 Å². The lowest BCUT2D eigenvalue weighted by molar-refractivity contribution is 0.622. The third-order valence-electron chi connectivity index (χ3n) is 4.11. The second-order valence-corrected chi connectivity index (χ2v) is 6.23. The zero-order valence-electron chi connectivity index (χ0n) is 11.3. The number of benzene rings is 1. The number of nitrogens with one attached hydrogen (secondary N) is 1. The Balaban J connectivity index is 2.28. The molecule has 0 radical (unpaired) electrons. The summed E-state index contributed by atoms with van der Waals surface area (Å²) < 4.78 is 14.3. The van der Waals surface area contributed by atoms with E-state index in [9.17, 15) is 4.39 Å². The van der Waals surface area contributed by atoms with Crippen LogP contribution in [0, 0.1) is 12.7 Å². The summed E-state index contributed by atoms with van der Waals surface area (Å²) in [4.78, 5) is 4.78. The second kappa shape index (κ2) is 5.30. The van der Waals surface area contributed by atoms with Crippen molar-refractivity contribution in [3.63, 3.8) is 0 Å². The molecule has 20 heavy (non-hydrogen) atoms. The van der Waals surface area contributed by atoms with Crippen LogP contribution in [-0.4, -0.2) is 4.98 Å². The number of rotatable bonds is 2. The number of halogens is 2. The van der Waals surface area contributed by atoms with Gasteiger partial charge in [-0.05, 0) is 53.4 Å². The number of hydrogen-bond donors (Lipinski definition) is 2. The topological polar surface area (TPSA) is 50.9 Å². The molecule has 0 bridgehead atoms. The number of nitrogens with zero attached hydrogens (tertiary/aromatic N) is 1. The molecule has 3 rings (SSSR count). The smallest absolute Gasteiger partial charge is 0.138 e. The molecule has 1 aliphatic carbocycles. The summed E-state index contributed by atoms with van der Waals surface area (Å²) in [5, 5.41) is 0.715. The number of pyridine rings is 1. The molecule has 1 fully saturated rings. The molecule has 0 spiro atoms. The molecule has 1 aromatic carbocycles. The fraction of sp³-hybridized carbons (Fsp3) is 0.400. The highest BCUT2D eigenvalue weighted by Gasteiger charge is 2.21. The number of aromatic nitrogens is 1. The molecule has 106 valence electrons. The average molecular weight is 338 g/mol. The molecule has 0 unspecified atom stereocenters. The maximum absolute atomic E-state index is 13.9. The molecular weight excluding hydrogens is 321 g/mol. The molecular formula is C15H17BrFN3. The van der Waals surface area contributed by atoms with Crippen LogP contribution in [0.25, 0.3) is 10.9 Å². The van der Waals surface area contributed by atoms with Crippen molar-refractivity contribution < 1.29 is 4.39 Å². The number of anilines is 1. The van der Waals surface area contributed by atoms with Gasteiger partial charge in [-0.2, -0.15) is 0 Å². The molecule has 1 aliphatic rings. The van der Waals surface area contributed by atoms with Crippen molar-refractivity contribution in [2.45, 2.75) is 38.5 Å². The van der Waals surface area contributed by atoms with Crippen molar-refractivity contribution in [2.24, 2.45) is 5.84 Å². The molecule has 2 aromatic rings. The third kappa shape index (κ3) is 2.19. The summed E-state index contributed by atoms with van der Waals surface area (Å²) in [6, 6.07) is 3.47. The lowest BCUT2D eigenvalue weighted by Crippen LogP contribution is -2.10. The first-order chi connectivity index (χ1) is 9.61. The van der Waals surface area contributed by atoms with Crippen LogP contribution in [-0.2, 0) is 0 Å². The molecule has 1 saturated carbocycles. The Morgan fingerprint density at radius 3 is 2.70 bits per heavy atom. The van der Waals surface area contributed by atoms with Crippen LogP contribution >= 0.6 is 15.9 Å². The summed E-state index contributed by atoms with van der Waals surface area (Å²) in [5.74, 6) is 5.84. The fourth-order valence-corrected chi connectivity index (χ4v) is 3.57. The fourth-order valence-electron chi connectivity index (χ4n) is 3.06. The Labute approximate surface area is 125 Å². The predicted molar refractivity (Wildman–Crippen MR) is 83.2 cm³/mol. The van der Waals surface area contributed by atoms with E-state index in [1.165, 1.54) is 31.7 Å². The SMILES string of the molecule is Cc1cc(F)c(Br)c2c(NN)cc(C3CCCC3)nc12. The van der Waals surface area contributed by atoms with Crippen molar-refractivity contribution in [3.8, 4) is 0 Å². The summed E-state index contributed by atoms with van der Waals surface area (Å²) >= 11 is 3.30. The van der Waals surface area contributed by atoms with Gasteiger partial charge in [-0.25, -0.2) is 4.39 Å². The maximum atomic E-state index is 13.9. The molecule has 5 heteroatoms. The van der Waals surface area contributed by atoms with Gasteiger partial charge in [-0.1, -0.05) is 12.8 Å². The van der Waals surface area contributed by atoms with Crippen LogP contribution in [0.5, 0.6) is 0 Å². The van der Waals surface area contributed by atoms with Gasteiger partial charge in [0.15, 0.2) is 0 Å². The molecule has 3 N–H and O–H groups in total. The van der Waals surface area contributed by atoms with E-state index in [2.05, 4.69) is 21.4 Å². The van der Waals surface area contributed by atoms with Crippen LogP contribution < -0.4 is 11.3 Å². The van der Waals surface area contributed by atoms with Gasteiger partial charge in [0, 0.05) is 17.0 Å². The van der Waals surface area contributed by atoms with E-state index >= 15 is 0 Å². The first-order valence-corrected chi connectivity index (χ1v) is 7.67. The maximum Gasteiger partial charge on any atom is 0.138 e. The lowest BCUT2D eigenvalue weighted by atomic mass is 10.00. The number of nitrogens with two attached hydrogens (primary N) is 1. The largest absolute Gasteiger partial charge is 0.323 e. The van der Waals surface area contributed by atoms with Crippen molar-refractivity contribution in [3.05, 3.63) is 33.7 Å². The number of hydrogen-bond acceptors (Lipinski definition) is 3. The Kier molecular flexibility index (Phi) is 3.65. The Morgan fingerprint density at radius 2 is 2.05 bits per heavy atom. The van der Waals surface area contributed by atoms with Crippen molar-refractivity contribution in [1.29, 1.82) is 0 Å². The van der Waals surface area contributed by atoms with Crippen molar-refractivity contribution in [2.75, 3.05) is 5.43 Å². The van der Waals surface area contributed by atoms with Gasteiger partial charge in [0.1, 0.15) is 5.82 Å². The Hall–Kier alpha value is -1.20. The lowest BCUT2D eigenvalue weighted by Gasteiger charge is -2.15. The van der Waals surface area contributed by atoms with E-state index in [4.69, 9.17) is 10.8 Å².